The number of fused-ring (bicyclic) bond motifs is 1. The molecule has 2 nitrogen and oxygen atoms in total. The average molecular weight is 461 g/mol. The summed E-state index contributed by atoms with van der Waals surface area (Å²) in [6.45, 7) is 9.15. The van der Waals surface area contributed by atoms with Crippen molar-refractivity contribution in [1.29, 1.82) is 0 Å². The third kappa shape index (κ3) is 3.22. The highest BCUT2D eigenvalue weighted by atomic mass is 15.4. The molecule has 1 fully saturated rings. The second kappa shape index (κ2) is 8.45. The standard InChI is InChI=1S/C33H36N2/c1-23-13-8-11-20-29(23)35-26(4)31-33(28-18-9-10-19-28,27-16-6-5-7-17-27)21-22-34(31)32(35)30-24(2)14-12-15-25(30)3/h5-8,11-17,20-22,28,32H,9-10,18-19H2,1-4H3. The van der Waals surface area contributed by atoms with Gasteiger partial charge in [-0.15, -0.1) is 0 Å². The Morgan fingerprint density at radius 2 is 1.34 bits per heavy atom. The SMILES string of the molecule is CC1=C2N(C=CC2(c2ccccc2)C2CCCC2)C(c2c(C)cccc2C)N1c1ccccc1C. The van der Waals surface area contributed by atoms with Gasteiger partial charge in [-0.2, -0.15) is 0 Å². The summed E-state index contributed by atoms with van der Waals surface area (Å²) in [5.74, 6) is 0.631. The summed E-state index contributed by atoms with van der Waals surface area (Å²) in [6.07, 6.45) is 10.3. The second-order valence-corrected chi connectivity index (χ2v) is 10.7. The maximum Gasteiger partial charge on any atom is 0.136 e. The Kier molecular flexibility index (Phi) is 5.36. The van der Waals surface area contributed by atoms with Crippen molar-refractivity contribution in [3.63, 3.8) is 0 Å². The molecule has 0 N–H and O–H groups in total. The monoisotopic (exact) mass is 460 g/mol. The van der Waals surface area contributed by atoms with Gasteiger partial charge in [0.25, 0.3) is 0 Å². The average Bonchev–Trinajstić information content (AvgIpc) is 3.59. The fourth-order valence-corrected chi connectivity index (χ4v) is 7.22. The minimum Gasteiger partial charge on any atom is -0.324 e. The highest BCUT2D eigenvalue weighted by Crippen LogP contribution is 2.59. The predicted molar refractivity (Wildman–Crippen MR) is 146 cm³/mol. The van der Waals surface area contributed by atoms with E-state index in [2.05, 4.69) is 123 Å². The Morgan fingerprint density at radius 3 is 2.03 bits per heavy atom. The van der Waals surface area contributed by atoms with Crippen LogP contribution in [0.3, 0.4) is 0 Å². The third-order valence-corrected chi connectivity index (χ3v) is 8.79. The second-order valence-electron chi connectivity index (χ2n) is 10.7. The fourth-order valence-electron chi connectivity index (χ4n) is 7.22. The molecule has 0 bridgehead atoms. The van der Waals surface area contributed by atoms with Gasteiger partial charge in [-0.1, -0.05) is 85.6 Å². The molecular formula is C33H36N2. The third-order valence-electron chi connectivity index (χ3n) is 8.79. The lowest BCUT2D eigenvalue weighted by Gasteiger charge is -2.38. The van der Waals surface area contributed by atoms with E-state index in [0.29, 0.717) is 5.92 Å². The first-order chi connectivity index (χ1) is 17.0. The molecule has 3 aliphatic rings. The zero-order chi connectivity index (χ0) is 24.2. The van der Waals surface area contributed by atoms with E-state index < -0.39 is 0 Å². The van der Waals surface area contributed by atoms with Gasteiger partial charge in [0, 0.05) is 23.1 Å². The van der Waals surface area contributed by atoms with Crippen molar-refractivity contribution in [3.05, 3.63) is 124 Å². The van der Waals surface area contributed by atoms with Crippen LogP contribution in [0.4, 0.5) is 5.69 Å². The molecule has 0 aromatic heterocycles. The van der Waals surface area contributed by atoms with E-state index in [1.807, 2.05) is 0 Å². The van der Waals surface area contributed by atoms with E-state index in [4.69, 9.17) is 0 Å². The van der Waals surface area contributed by atoms with Gasteiger partial charge in [-0.05, 0) is 74.8 Å². The molecule has 178 valence electrons. The number of nitrogens with zero attached hydrogens (tertiary/aromatic N) is 2. The lowest BCUT2D eigenvalue weighted by Crippen LogP contribution is -2.36. The first-order valence-corrected chi connectivity index (χ1v) is 13.2. The van der Waals surface area contributed by atoms with Gasteiger partial charge in [0.2, 0.25) is 0 Å². The van der Waals surface area contributed by atoms with Crippen LogP contribution in [0.15, 0.2) is 96.5 Å². The van der Waals surface area contributed by atoms with Gasteiger partial charge in [0.05, 0.1) is 11.1 Å². The van der Waals surface area contributed by atoms with Crippen molar-refractivity contribution in [1.82, 2.24) is 4.90 Å². The molecular weight excluding hydrogens is 424 g/mol. The number of hydrogen-bond donors (Lipinski definition) is 0. The zero-order valence-electron chi connectivity index (χ0n) is 21.5. The molecule has 3 aromatic carbocycles. The quantitative estimate of drug-likeness (QED) is 0.386. The topological polar surface area (TPSA) is 6.48 Å². The summed E-state index contributed by atoms with van der Waals surface area (Å²) in [5, 5.41) is 0. The number of aryl methyl sites for hydroxylation is 3. The molecule has 2 heterocycles. The minimum absolute atomic E-state index is 0.0753. The Hall–Kier alpha value is -3.26. The number of rotatable bonds is 4. The number of para-hydroxylation sites is 1. The largest absolute Gasteiger partial charge is 0.324 e. The van der Waals surface area contributed by atoms with Crippen molar-refractivity contribution in [2.45, 2.75) is 65.0 Å². The van der Waals surface area contributed by atoms with Crippen molar-refractivity contribution < 1.29 is 0 Å². The zero-order valence-corrected chi connectivity index (χ0v) is 21.5. The van der Waals surface area contributed by atoms with Crippen molar-refractivity contribution in [3.8, 4) is 0 Å². The number of anilines is 1. The highest BCUT2D eigenvalue weighted by Gasteiger charge is 2.54. The van der Waals surface area contributed by atoms with E-state index in [-0.39, 0.29) is 11.6 Å². The van der Waals surface area contributed by atoms with Crippen molar-refractivity contribution >= 4 is 5.69 Å². The van der Waals surface area contributed by atoms with Crippen LogP contribution in [0, 0.1) is 26.7 Å². The number of benzene rings is 3. The molecule has 0 amide bonds. The van der Waals surface area contributed by atoms with E-state index in [0.717, 1.165) is 0 Å². The van der Waals surface area contributed by atoms with E-state index >= 15 is 0 Å². The van der Waals surface area contributed by atoms with Crippen LogP contribution < -0.4 is 4.90 Å². The Labute approximate surface area is 210 Å². The van der Waals surface area contributed by atoms with E-state index in [9.17, 15) is 0 Å². The van der Waals surface area contributed by atoms with Crippen LogP contribution in [0.1, 0.15) is 66.6 Å². The van der Waals surface area contributed by atoms with Crippen molar-refractivity contribution in [2.75, 3.05) is 4.90 Å². The smallest absolute Gasteiger partial charge is 0.136 e. The molecule has 0 spiro atoms. The number of hydrogen-bond acceptors (Lipinski definition) is 2. The first-order valence-electron chi connectivity index (χ1n) is 13.2. The molecule has 2 unspecified atom stereocenters. The molecule has 0 saturated heterocycles. The molecule has 2 atom stereocenters. The van der Waals surface area contributed by atoms with Gasteiger partial charge < -0.3 is 9.80 Å². The highest BCUT2D eigenvalue weighted by molar-refractivity contribution is 5.66. The molecule has 1 aliphatic carbocycles. The van der Waals surface area contributed by atoms with Gasteiger partial charge in [-0.3, -0.25) is 0 Å². The lowest BCUT2D eigenvalue weighted by molar-refractivity contribution is 0.314. The van der Waals surface area contributed by atoms with Crippen LogP contribution >= 0.6 is 0 Å². The Morgan fingerprint density at radius 1 is 0.714 bits per heavy atom. The predicted octanol–water partition coefficient (Wildman–Crippen LogP) is 8.32. The normalized spacial score (nSPS) is 24.1. The lowest BCUT2D eigenvalue weighted by atomic mass is 9.67. The van der Waals surface area contributed by atoms with Crippen LogP contribution in [0.25, 0.3) is 0 Å². The Balaban J connectivity index is 1.62. The van der Waals surface area contributed by atoms with Crippen molar-refractivity contribution in [2.24, 2.45) is 5.92 Å². The molecule has 35 heavy (non-hydrogen) atoms. The fraction of sp³-hybridized carbons (Fsp3) is 0.333. The Bertz CT molecular complexity index is 1290. The van der Waals surface area contributed by atoms with Gasteiger partial charge in [0.15, 0.2) is 0 Å². The summed E-state index contributed by atoms with van der Waals surface area (Å²) in [7, 11) is 0. The first kappa shape index (κ1) is 22.2. The molecule has 6 rings (SSSR count). The number of allylic oxidation sites excluding steroid dienone is 2. The molecule has 0 radical (unpaired) electrons. The summed E-state index contributed by atoms with van der Waals surface area (Å²) < 4.78 is 0. The van der Waals surface area contributed by atoms with Crippen LogP contribution in [-0.2, 0) is 5.41 Å². The maximum atomic E-state index is 2.62. The van der Waals surface area contributed by atoms with Gasteiger partial charge in [-0.25, -0.2) is 0 Å². The molecule has 2 aliphatic heterocycles. The molecule has 2 heteroatoms. The minimum atomic E-state index is -0.0753. The summed E-state index contributed by atoms with van der Waals surface area (Å²) in [6, 6.07) is 26.9. The van der Waals surface area contributed by atoms with E-state index in [1.54, 1.807) is 0 Å². The van der Waals surface area contributed by atoms with Gasteiger partial charge >= 0.3 is 0 Å². The summed E-state index contributed by atoms with van der Waals surface area (Å²) in [5.41, 5.74) is 11.0. The maximum absolute atomic E-state index is 2.62. The van der Waals surface area contributed by atoms with Crippen LogP contribution in [-0.4, -0.2) is 4.90 Å². The summed E-state index contributed by atoms with van der Waals surface area (Å²) >= 11 is 0. The van der Waals surface area contributed by atoms with E-state index in [1.165, 1.54) is 70.6 Å². The summed E-state index contributed by atoms with van der Waals surface area (Å²) in [4.78, 5) is 5.23. The molecule has 1 saturated carbocycles. The van der Waals surface area contributed by atoms with Gasteiger partial charge in [0.1, 0.15) is 6.17 Å². The molecule has 3 aromatic rings. The van der Waals surface area contributed by atoms with Crippen LogP contribution in [0.2, 0.25) is 0 Å². The van der Waals surface area contributed by atoms with Crippen LogP contribution in [0.5, 0.6) is 0 Å².